The topological polar surface area (TPSA) is 38.0 Å². The van der Waals surface area contributed by atoms with Crippen molar-refractivity contribution in [1.82, 2.24) is 5.43 Å². The molecule has 2 nitrogen and oxygen atoms in total. The molecule has 0 bridgehead atoms. The maximum atomic E-state index is 5.73. The van der Waals surface area contributed by atoms with Gasteiger partial charge in [-0.25, -0.2) is 0 Å². The summed E-state index contributed by atoms with van der Waals surface area (Å²) in [4.78, 5) is 0. The molecule has 0 aliphatic heterocycles. The van der Waals surface area contributed by atoms with Gasteiger partial charge >= 0.3 is 0 Å². The predicted molar refractivity (Wildman–Crippen MR) is 76.1 cm³/mol. The normalized spacial score (nSPS) is 17.6. The summed E-state index contributed by atoms with van der Waals surface area (Å²) < 4.78 is 0. The van der Waals surface area contributed by atoms with Crippen molar-refractivity contribution in [1.29, 1.82) is 0 Å². The Morgan fingerprint density at radius 2 is 1.89 bits per heavy atom. The molecule has 0 heterocycles. The molecule has 3 rings (SSSR count). The minimum Gasteiger partial charge on any atom is -0.271 e. The monoisotopic (exact) mass is 240 g/mol. The van der Waals surface area contributed by atoms with Crippen molar-refractivity contribution >= 4 is 10.8 Å². The lowest BCUT2D eigenvalue weighted by Crippen LogP contribution is -2.44. The smallest absolute Gasteiger partial charge is 0.0279 e. The fraction of sp³-hybridized carbons (Fsp3) is 0.375. The van der Waals surface area contributed by atoms with Gasteiger partial charge in [0.2, 0.25) is 0 Å². The van der Waals surface area contributed by atoms with Crippen LogP contribution < -0.4 is 11.3 Å². The van der Waals surface area contributed by atoms with Crippen LogP contribution in [-0.2, 0) is 6.42 Å². The molecule has 0 aromatic heterocycles. The Balaban J connectivity index is 1.89. The summed E-state index contributed by atoms with van der Waals surface area (Å²) in [6, 6.07) is 15.6. The molecule has 0 radical (unpaired) electrons. The van der Waals surface area contributed by atoms with E-state index >= 15 is 0 Å². The Kier molecular flexibility index (Phi) is 3.31. The highest BCUT2D eigenvalue weighted by atomic mass is 15.2. The number of benzene rings is 2. The number of fused-ring (bicyclic) bond motifs is 1. The molecule has 0 spiro atoms. The van der Waals surface area contributed by atoms with Crippen LogP contribution in [0.5, 0.6) is 0 Å². The highest BCUT2D eigenvalue weighted by molar-refractivity contribution is 5.85. The quantitative estimate of drug-likeness (QED) is 0.637. The first kappa shape index (κ1) is 11.7. The summed E-state index contributed by atoms with van der Waals surface area (Å²) in [5.41, 5.74) is 4.42. The van der Waals surface area contributed by atoms with Crippen molar-refractivity contribution < 1.29 is 0 Å². The standard InChI is InChI=1S/C16H20N2/c17-18-16(13-7-4-8-13)11-14-9-3-6-12-5-1-2-10-15(12)14/h1-3,5-6,9-10,13,16,18H,4,7-8,11,17H2. The molecule has 3 N–H and O–H groups in total. The highest BCUT2D eigenvalue weighted by Gasteiger charge is 2.26. The van der Waals surface area contributed by atoms with Gasteiger partial charge in [-0.2, -0.15) is 0 Å². The summed E-state index contributed by atoms with van der Waals surface area (Å²) in [5.74, 6) is 6.48. The minimum absolute atomic E-state index is 0.421. The van der Waals surface area contributed by atoms with Gasteiger partial charge < -0.3 is 0 Å². The molecule has 1 unspecified atom stereocenters. The number of hydrogen-bond donors (Lipinski definition) is 2. The first-order chi connectivity index (χ1) is 8.88. The van der Waals surface area contributed by atoms with E-state index < -0.39 is 0 Å². The molecule has 18 heavy (non-hydrogen) atoms. The first-order valence-corrected chi connectivity index (χ1v) is 6.81. The van der Waals surface area contributed by atoms with E-state index in [1.807, 2.05) is 0 Å². The van der Waals surface area contributed by atoms with Gasteiger partial charge in [0.1, 0.15) is 0 Å². The second-order valence-corrected chi connectivity index (χ2v) is 5.31. The lowest BCUT2D eigenvalue weighted by molar-refractivity contribution is 0.229. The van der Waals surface area contributed by atoms with E-state index in [2.05, 4.69) is 47.9 Å². The van der Waals surface area contributed by atoms with Gasteiger partial charge in [0, 0.05) is 6.04 Å². The van der Waals surface area contributed by atoms with E-state index in [0.29, 0.717) is 6.04 Å². The summed E-state index contributed by atoms with van der Waals surface area (Å²) >= 11 is 0. The molecule has 94 valence electrons. The van der Waals surface area contributed by atoms with Gasteiger partial charge in [0.15, 0.2) is 0 Å². The van der Waals surface area contributed by atoms with Crippen LogP contribution in [0.4, 0.5) is 0 Å². The van der Waals surface area contributed by atoms with E-state index in [4.69, 9.17) is 5.84 Å². The van der Waals surface area contributed by atoms with Crippen molar-refractivity contribution in [3.8, 4) is 0 Å². The third-order valence-corrected chi connectivity index (χ3v) is 4.25. The van der Waals surface area contributed by atoms with E-state index in [1.165, 1.54) is 35.6 Å². The maximum absolute atomic E-state index is 5.73. The number of hydrazine groups is 1. The molecule has 1 saturated carbocycles. The van der Waals surface area contributed by atoms with Crippen molar-refractivity contribution in [2.24, 2.45) is 11.8 Å². The SMILES string of the molecule is NNC(Cc1cccc2ccccc12)C1CCC1. The summed E-state index contributed by atoms with van der Waals surface area (Å²) in [6.07, 6.45) is 5.03. The number of nitrogens with one attached hydrogen (secondary N) is 1. The minimum atomic E-state index is 0.421. The third kappa shape index (κ3) is 2.14. The molecule has 1 atom stereocenters. The van der Waals surface area contributed by atoms with Gasteiger partial charge in [0.25, 0.3) is 0 Å². The van der Waals surface area contributed by atoms with E-state index in [9.17, 15) is 0 Å². The number of nitrogens with two attached hydrogens (primary N) is 1. The van der Waals surface area contributed by atoms with Crippen LogP contribution in [-0.4, -0.2) is 6.04 Å². The van der Waals surface area contributed by atoms with E-state index in [-0.39, 0.29) is 0 Å². The van der Waals surface area contributed by atoms with Crippen LogP contribution in [0.25, 0.3) is 10.8 Å². The molecule has 0 saturated heterocycles. The molecule has 1 fully saturated rings. The van der Waals surface area contributed by atoms with Crippen LogP contribution in [0, 0.1) is 5.92 Å². The average molecular weight is 240 g/mol. The molecule has 2 aromatic rings. The Morgan fingerprint density at radius 1 is 1.11 bits per heavy atom. The lowest BCUT2D eigenvalue weighted by Gasteiger charge is -2.33. The molecule has 2 heteroatoms. The van der Waals surface area contributed by atoms with Crippen LogP contribution in [0.3, 0.4) is 0 Å². The molecule has 1 aliphatic rings. The Labute approximate surface area is 108 Å². The van der Waals surface area contributed by atoms with Crippen molar-refractivity contribution in [3.63, 3.8) is 0 Å². The Hall–Kier alpha value is -1.38. The van der Waals surface area contributed by atoms with Crippen molar-refractivity contribution in [3.05, 3.63) is 48.0 Å². The van der Waals surface area contributed by atoms with Crippen molar-refractivity contribution in [2.45, 2.75) is 31.7 Å². The van der Waals surface area contributed by atoms with E-state index in [1.54, 1.807) is 0 Å². The van der Waals surface area contributed by atoms with Crippen LogP contribution in [0.2, 0.25) is 0 Å². The fourth-order valence-electron chi connectivity index (χ4n) is 2.91. The van der Waals surface area contributed by atoms with Gasteiger partial charge in [0.05, 0.1) is 0 Å². The lowest BCUT2D eigenvalue weighted by atomic mass is 9.77. The molecular weight excluding hydrogens is 220 g/mol. The highest BCUT2D eigenvalue weighted by Crippen LogP contribution is 2.31. The second-order valence-electron chi connectivity index (χ2n) is 5.31. The maximum Gasteiger partial charge on any atom is 0.0279 e. The molecular formula is C16H20N2. The summed E-state index contributed by atoms with van der Waals surface area (Å²) in [5, 5.41) is 2.68. The third-order valence-electron chi connectivity index (χ3n) is 4.25. The van der Waals surface area contributed by atoms with Crippen molar-refractivity contribution in [2.75, 3.05) is 0 Å². The average Bonchev–Trinajstić information content (AvgIpc) is 2.36. The summed E-state index contributed by atoms with van der Waals surface area (Å²) in [6.45, 7) is 0. The van der Waals surface area contributed by atoms with Gasteiger partial charge in [-0.3, -0.25) is 11.3 Å². The predicted octanol–water partition coefficient (Wildman–Crippen LogP) is 3.01. The van der Waals surface area contributed by atoms with Crippen LogP contribution >= 0.6 is 0 Å². The van der Waals surface area contributed by atoms with Gasteiger partial charge in [-0.15, -0.1) is 0 Å². The first-order valence-electron chi connectivity index (χ1n) is 6.81. The summed E-state index contributed by atoms with van der Waals surface area (Å²) in [7, 11) is 0. The van der Waals surface area contributed by atoms with Gasteiger partial charge in [-0.1, -0.05) is 48.9 Å². The van der Waals surface area contributed by atoms with E-state index in [0.717, 1.165) is 12.3 Å². The Bertz CT molecular complexity index is 526. The van der Waals surface area contributed by atoms with Crippen LogP contribution in [0.1, 0.15) is 24.8 Å². The molecule has 1 aliphatic carbocycles. The second kappa shape index (κ2) is 5.09. The number of rotatable bonds is 4. The zero-order valence-corrected chi connectivity index (χ0v) is 10.6. The van der Waals surface area contributed by atoms with Crippen LogP contribution in [0.15, 0.2) is 42.5 Å². The fourth-order valence-corrected chi connectivity index (χ4v) is 2.91. The number of hydrogen-bond acceptors (Lipinski definition) is 2. The zero-order chi connectivity index (χ0) is 12.4. The molecule has 2 aromatic carbocycles. The molecule has 0 amide bonds. The Morgan fingerprint density at radius 3 is 2.61 bits per heavy atom. The zero-order valence-electron chi connectivity index (χ0n) is 10.6. The van der Waals surface area contributed by atoms with Gasteiger partial charge in [-0.05, 0) is 41.5 Å². The largest absolute Gasteiger partial charge is 0.271 e.